The Morgan fingerprint density at radius 1 is 1.00 bits per heavy atom. The van der Waals surface area contributed by atoms with Gasteiger partial charge < -0.3 is 15.2 Å². The lowest BCUT2D eigenvalue weighted by Crippen LogP contribution is -2.22. The number of carbonyl (C=O) groups excluding carboxylic acids is 2. The predicted molar refractivity (Wildman–Crippen MR) is 75.6 cm³/mol. The largest absolute Gasteiger partial charge is 0.462 e. The van der Waals surface area contributed by atoms with Crippen molar-refractivity contribution >= 4 is 17.6 Å². The van der Waals surface area contributed by atoms with Crippen LogP contribution in [-0.4, -0.2) is 25.2 Å². The fourth-order valence-electron chi connectivity index (χ4n) is 1.59. The van der Waals surface area contributed by atoms with Gasteiger partial charge in [-0.1, -0.05) is 29.8 Å². The third kappa shape index (κ3) is 3.85. The smallest absolute Gasteiger partial charge is 0.347 e. The van der Waals surface area contributed by atoms with Crippen LogP contribution in [0.15, 0.2) is 29.8 Å². The maximum Gasteiger partial charge on any atom is 0.347 e. The Morgan fingerprint density at radius 3 is 1.85 bits per heavy atom. The summed E-state index contributed by atoms with van der Waals surface area (Å²) in [6.07, 6.45) is 0. The molecule has 0 bridgehead atoms. The Bertz CT molecular complexity index is 497. The fourth-order valence-corrected chi connectivity index (χ4v) is 1.59. The zero-order chi connectivity index (χ0) is 15.1. The number of ether oxygens (including phenoxy) is 2. The third-order valence-corrected chi connectivity index (χ3v) is 2.59. The van der Waals surface area contributed by atoms with Crippen molar-refractivity contribution in [1.29, 1.82) is 0 Å². The second-order valence-corrected chi connectivity index (χ2v) is 4.10. The first-order valence-corrected chi connectivity index (χ1v) is 6.42. The summed E-state index contributed by atoms with van der Waals surface area (Å²) in [7, 11) is 0. The summed E-state index contributed by atoms with van der Waals surface area (Å²) in [5, 5.41) is 0. The molecule has 1 rings (SSSR count). The summed E-state index contributed by atoms with van der Waals surface area (Å²) < 4.78 is 9.72. The van der Waals surface area contributed by atoms with Gasteiger partial charge in [0.25, 0.3) is 0 Å². The minimum Gasteiger partial charge on any atom is -0.462 e. The molecule has 2 N–H and O–H groups in total. The lowest BCUT2D eigenvalue weighted by molar-refractivity contribution is -0.146. The van der Waals surface area contributed by atoms with E-state index in [0.29, 0.717) is 5.56 Å². The van der Waals surface area contributed by atoms with E-state index in [4.69, 9.17) is 15.2 Å². The van der Waals surface area contributed by atoms with Crippen LogP contribution in [0.3, 0.4) is 0 Å². The number of rotatable bonds is 5. The van der Waals surface area contributed by atoms with Gasteiger partial charge in [0.1, 0.15) is 0 Å². The molecule has 20 heavy (non-hydrogen) atoms. The van der Waals surface area contributed by atoms with E-state index < -0.39 is 11.9 Å². The second kappa shape index (κ2) is 7.33. The van der Waals surface area contributed by atoms with E-state index >= 15 is 0 Å². The molecule has 0 aliphatic rings. The molecule has 0 spiro atoms. The van der Waals surface area contributed by atoms with Gasteiger partial charge in [-0.3, -0.25) is 0 Å². The average Bonchev–Trinajstić information content (AvgIpc) is 2.40. The van der Waals surface area contributed by atoms with Gasteiger partial charge in [0, 0.05) is 0 Å². The normalized spacial score (nSPS) is 9.75. The molecule has 0 amide bonds. The zero-order valence-corrected chi connectivity index (χ0v) is 11.9. The number of aryl methyl sites for hydroxylation is 1. The van der Waals surface area contributed by atoms with Crippen LogP contribution < -0.4 is 5.73 Å². The van der Waals surface area contributed by atoms with Gasteiger partial charge in [-0.2, -0.15) is 0 Å². The summed E-state index contributed by atoms with van der Waals surface area (Å²) in [4.78, 5) is 23.8. The molecule has 0 radical (unpaired) electrons. The Balaban J connectivity index is 3.24. The Morgan fingerprint density at radius 2 is 1.45 bits per heavy atom. The van der Waals surface area contributed by atoms with Gasteiger partial charge in [0.15, 0.2) is 5.57 Å². The van der Waals surface area contributed by atoms with E-state index in [2.05, 4.69) is 0 Å². The lowest BCUT2D eigenvalue weighted by Gasteiger charge is -2.10. The molecule has 0 saturated carbocycles. The van der Waals surface area contributed by atoms with Gasteiger partial charge in [-0.05, 0) is 26.3 Å². The standard InChI is InChI=1S/C15H19NO4/c1-4-19-14(17)12(15(18)20-5-2)13(16)11-8-6-10(3)7-9-11/h6-9H,4-5,16H2,1-3H3. The van der Waals surface area contributed by atoms with Crippen molar-refractivity contribution in [1.82, 2.24) is 0 Å². The number of hydrogen-bond acceptors (Lipinski definition) is 5. The van der Waals surface area contributed by atoms with Crippen LogP contribution in [0.1, 0.15) is 25.0 Å². The highest BCUT2D eigenvalue weighted by Gasteiger charge is 2.25. The molecule has 0 aromatic heterocycles. The molecule has 0 saturated heterocycles. The number of carbonyl (C=O) groups is 2. The maximum atomic E-state index is 11.9. The van der Waals surface area contributed by atoms with Crippen molar-refractivity contribution in [2.75, 3.05) is 13.2 Å². The second-order valence-electron chi connectivity index (χ2n) is 4.10. The van der Waals surface area contributed by atoms with Crippen LogP contribution in [0.25, 0.3) is 5.70 Å². The Kier molecular flexibility index (Phi) is 5.77. The van der Waals surface area contributed by atoms with Crippen LogP contribution >= 0.6 is 0 Å². The number of esters is 2. The summed E-state index contributed by atoms with van der Waals surface area (Å²) in [6, 6.07) is 7.17. The molecule has 1 aromatic rings. The minimum atomic E-state index is -0.774. The summed E-state index contributed by atoms with van der Waals surface area (Å²) >= 11 is 0. The van der Waals surface area contributed by atoms with Crippen LogP contribution in [-0.2, 0) is 19.1 Å². The molecule has 5 nitrogen and oxygen atoms in total. The molecule has 5 heteroatoms. The third-order valence-electron chi connectivity index (χ3n) is 2.59. The van der Waals surface area contributed by atoms with Crippen molar-refractivity contribution < 1.29 is 19.1 Å². The monoisotopic (exact) mass is 277 g/mol. The van der Waals surface area contributed by atoms with E-state index in [-0.39, 0.29) is 24.5 Å². The highest BCUT2D eigenvalue weighted by Crippen LogP contribution is 2.17. The lowest BCUT2D eigenvalue weighted by atomic mass is 10.1. The molecule has 0 aliphatic carbocycles. The van der Waals surface area contributed by atoms with Crippen molar-refractivity contribution in [3.63, 3.8) is 0 Å². The topological polar surface area (TPSA) is 78.6 Å². The van der Waals surface area contributed by atoms with E-state index in [1.54, 1.807) is 26.0 Å². The average molecular weight is 277 g/mol. The van der Waals surface area contributed by atoms with Crippen LogP contribution in [0.2, 0.25) is 0 Å². The molecule has 0 atom stereocenters. The molecule has 1 aromatic carbocycles. The van der Waals surface area contributed by atoms with Gasteiger partial charge in [-0.25, -0.2) is 9.59 Å². The van der Waals surface area contributed by atoms with Crippen molar-refractivity contribution in [3.8, 4) is 0 Å². The fraction of sp³-hybridized carbons (Fsp3) is 0.333. The van der Waals surface area contributed by atoms with Crippen molar-refractivity contribution in [2.24, 2.45) is 5.73 Å². The molecular weight excluding hydrogens is 258 g/mol. The van der Waals surface area contributed by atoms with E-state index in [1.165, 1.54) is 0 Å². The molecule has 0 aliphatic heterocycles. The first-order chi connectivity index (χ1) is 9.51. The van der Waals surface area contributed by atoms with Crippen LogP contribution in [0, 0.1) is 6.92 Å². The van der Waals surface area contributed by atoms with E-state index in [0.717, 1.165) is 5.56 Å². The summed E-state index contributed by atoms with van der Waals surface area (Å²) in [5.74, 6) is -1.55. The van der Waals surface area contributed by atoms with Crippen LogP contribution in [0.5, 0.6) is 0 Å². The first-order valence-electron chi connectivity index (χ1n) is 6.42. The highest BCUT2D eigenvalue weighted by molar-refractivity contribution is 6.19. The number of benzene rings is 1. The Hall–Kier alpha value is -2.30. The van der Waals surface area contributed by atoms with Gasteiger partial charge in [0.2, 0.25) is 0 Å². The van der Waals surface area contributed by atoms with E-state index in [9.17, 15) is 9.59 Å². The molecular formula is C15H19NO4. The van der Waals surface area contributed by atoms with Crippen molar-refractivity contribution in [2.45, 2.75) is 20.8 Å². The highest BCUT2D eigenvalue weighted by atomic mass is 16.6. The predicted octanol–water partition coefficient (Wildman–Crippen LogP) is 1.79. The van der Waals surface area contributed by atoms with Crippen LogP contribution in [0.4, 0.5) is 0 Å². The molecule has 108 valence electrons. The molecule has 0 fully saturated rings. The van der Waals surface area contributed by atoms with Gasteiger partial charge in [-0.15, -0.1) is 0 Å². The quantitative estimate of drug-likeness (QED) is 0.384. The van der Waals surface area contributed by atoms with Crippen molar-refractivity contribution in [3.05, 3.63) is 41.0 Å². The van der Waals surface area contributed by atoms with E-state index in [1.807, 2.05) is 19.1 Å². The van der Waals surface area contributed by atoms with Gasteiger partial charge >= 0.3 is 11.9 Å². The molecule has 0 heterocycles. The van der Waals surface area contributed by atoms with Gasteiger partial charge in [0.05, 0.1) is 18.9 Å². The Labute approximate surface area is 118 Å². The molecule has 0 unspecified atom stereocenters. The number of hydrogen-bond donors (Lipinski definition) is 1. The summed E-state index contributed by atoms with van der Waals surface area (Å²) in [6.45, 7) is 5.55. The SMILES string of the molecule is CCOC(=O)C(C(=O)OCC)=C(N)c1ccc(C)cc1. The zero-order valence-electron chi connectivity index (χ0n) is 11.9. The maximum absolute atomic E-state index is 11.9. The minimum absolute atomic E-state index is 0.0573. The first kappa shape index (κ1) is 15.8. The summed E-state index contributed by atoms with van der Waals surface area (Å²) in [5.41, 5.74) is 7.35. The number of nitrogens with two attached hydrogens (primary N) is 1.